The lowest BCUT2D eigenvalue weighted by atomic mass is 10.0. The minimum atomic E-state index is -4.07. The zero-order chi connectivity index (χ0) is 20.9. The van der Waals surface area contributed by atoms with E-state index in [4.69, 9.17) is 14.2 Å². The highest BCUT2D eigenvalue weighted by molar-refractivity contribution is 8.00. The Hall–Kier alpha value is -1.37. The fourth-order valence-corrected chi connectivity index (χ4v) is 6.01. The Kier molecular flexibility index (Phi) is 7.71. The minimum absolute atomic E-state index is 0.00105. The lowest BCUT2D eigenvalue weighted by Crippen LogP contribution is -2.57. The van der Waals surface area contributed by atoms with E-state index >= 15 is 0 Å². The van der Waals surface area contributed by atoms with E-state index < -0.39 is 32.8 Å². The minimum Gasteiger partial charge on any atom is -0.497 e. The van der Waals surface area contributed by atoms with E-state index in [1.807, 2.05) is 0 Å². The number of carbonyl (C=O) groups is 1. The zero-order valence-corrected chi connectivity index (χ0v) is 17.9. The van der Waals surface area contributed by atoms with Crippen molar-refractivity contribution in [2.45, 2.75) is 35.6 Å². The molecule has 1 amide bonds. The van der Waals surface area contributed by atoms with E-state index in [1.165, 1.54) is 50.2 Å². The Morgan fingerprint density at radius 3 is 2.50 bits per heavy atom. The van der Waals surface area contributed by atoms with Crippen molar-refractivity contribution in [1.82, 2.24) is 9.79 Å². The summed E-state index contributed by atoms with van der Waals surface area (Å²) < 4.78 is 42.7. The van der Waals surface area contributed by atoms with Gasteiger partial charge in [0, 0.05) is 24.2 Å². The molecule has 0 aromatic heterocycles. The second-order valence-corrected chi connectivity index (χ2v) is 10.3. The lowest BCUT2D eigenvalue weighted by molar-refractivity contribution is -0.134. The number of hydroxylamine groups is 1. The topological polar surface area (TPSA) is 114 Å². The van der Waals surface area contributed by atoms with Crippen LogP contribution in [-0.2, 0) is 24.3 Å². The highest BCUT2D eigenvalue weighted by atomic mass is 32.2. The van der Waals surface area contributed by atoms with Crippen LogP contribution >= 0.6 is 11.8 Å². The average Bonchev–Trinajstić information content (AvgIpc) is 2.81. The molecule has 0 aliphatic carbocycles. The van der Waals surface area contributed by atoms with Crippen LogP contribution in [0.25, 0.3) is 0 Å². The molecule has 11 heteroatoms. The Labute approximate surface area is 169 Å². The normalized spacial score (nSPS) is 23.0. The third-order valence-electron chi connectivity index (χ3n) is 4.42. The molecule has 2 rings (SSSR count). The van der Waals surface area contributed by atoms with Crippen LogP contribution in [0.15, 0.2) is 29.2 Å². The van der Waals surface area contributed by atoms with Gasteiger partial charge in [-0.05, 0) is 38.1 Å². The first-order chi connectivity index (χ1) is 13.2. The fraction of sp³-hybridized carbons (Fsp3) is 0.588. The first-order valence-electron chi connectivity index (χ1n) is 8.51. The number of hydrogen-bond acceptors (Lipinski definition) is 8. The Balaban J connectivity index is 2.50. The Bertz CT molecular complexity index is 768. The predicted molar refractivity (Wildman–Crippen MR) is 104 cm³/mol. The summed E-state index contributed by atoms with van der Waals surface area (Å²) in [5.74, 6) is 0.166. The number of sulfonamides is 1. The molecule has 1 aromatic carbocycles. The van der Waals surface area contributed by atoms with Gasteiger partial charge in [0.25, 0.3) is 5.91 Å². The van der Waals surface area contributed by atoms with Gasteiger partial charge in [0.15, 0.2) is 0 Å². The number of thioether (sulfide) groups is 1. The van der Waals surface area contributed by atoms with Crippen LogP contribution in [0.1, 0.15) is 13.8 Å². The van der Waals surface area contributed by atoms with Crippen LogP contribution in [0.3, 0.4) is 0 Å². The molecule has 9 nitrogen and oxygen atoms in total. The quantitative estimate of drug-likeness (QED) is 0.372. The summed E-state index contributed by atoms with van der Waals surface area (Å²) in [6.45, 7) is 3.45. The van der Waals surface area contributed by atoms with Gasteiger partial charge in [0.05, 0.1) is 18.1 Å². The van der Waals surface area contributed by atoms with Crippen LogP contribution in [0.4, 0.5) is 0 Å². The zero-order valence-electron chi connectivity index (χ0n) is 16.2. The van der Waals surface area contributed by atoms with Gasteiger partial charge in [-0.2, -0.15) is 16.1 Å². The smallest absolute Gasteiger partial charge is 0.263 e. The van der Waals surface area contributed by atoms with Gasteiger partial charge in [-0.15, -0.1) is 0 Å². The number of nitrogens with one attached hydrogen (secondary N) is 1. The molecule has 1 aliphatic heterocycles. The number of benzene rings is 1. The van der Waals surface area contributed by atoms with Gasteiger partial charge < -0.3 is 14.2 Å². The predicted octanol–water partition coefficient (Wildman–Crippen LogP) is 1.07. The average molecular weight is 435 g/mol. The Morgan fingerprint density at radius 1 is 1.32 bits per heavy atom. The summed E-state index contributed by atoms with van der Waals surface area (Å²) in [4.78, 5) is 12.5. The van der Waals surface area contributed by atoms with E-state index in [2.05, 4.69) is 0 Å². The van der Waals surface area contributed by atoms with Gasteiger partial charge in [-0.25, -0.2) is 13.9 Å². The van der Waals surface area contributed by atoms with Crippen molar-refractivity contribution in [3.63, 3.8) is 0 Å². The summed E-state index contributed by atoms with van der Waals surface area (Å²) in [6, 6.07) is 4.75. The maximum Gasteiger partial charge on any atom is 0.263 e. The second kappa shape index (κ2) is 9.42. The van der Waals surface area contributed by atoms with Crippen molar-refractivity contribution in [3.05, 3.63) is 24.3 Å². The van der Waals surface area contributed by atoms with Crippen LogP contribution in [0.5, 0.6) is 5.75 Å². The first kappa shape index (κ1) is 22.9. The largest absolute Gasteiger partial charge is 0.497 e. The molecule has 0 radical (unpaired) electrons. The maximum atomic E-state index is 13.4. The van der Waals surface area contributed by atoms with Crippen molar-refractivity contribution in [1.29, 1.82) is 0 Å². The van der Waals surface area contributed by atoms with Crippen molar-refractivity contribution in [2.75, 3.05) is 33.3 Å². The standard InChI is InChI=1S/C17H26N2O7S2/c1-17(2)15(16(20)18-21)19(9-13(10-27-17)26-11-24-3)28(22,23)14-7-5-12(25-4)6-8-14/h5-8,13,15,21H,9-11H2,1-4H3,(H,18,20)/t13-,15+/m1/s1. The first-order valence-corrected chi connectivity index (χ1v) is 10.9. The number of hydrogen-bond donors (Lipinski definition) is 2. The monoisotopic (exact) mass is 434 g/mol. The van der Waals surface area contributed by atoms with Crippen LogP contribution in [0.2, 0.25) is 0 Å². The van der Waals surface area contributed by atoms with E-state index in [9.17, 15) is 18.4 Å². The molecule has 2 atom stereocenters. The number of carbonyl (C=O) groups excluding carboxylic acids is 1. The number of amides is 1. The SMILES string of the molecule is COCO[C@H]1CSC(C)(C)[C@H](C(=O)NO)N(S(=O)(=O)c2ccc(OC)cc2)C1. The van der Waals surface area contributed by atoms with Gasteiger partial charge in [0.1, 0.15) is 18.6 Å². The summed E-state index contributed by atoms with van der Waals surface area (Å²) >= 11 is 1.39. The van der Waals surface area contributed by atoms with Gasteiger partial charge >= 0.3 is 0 Å². The van der Waals surface area contributed by atoms with Gasteiger partial charge in [-0.1, -0.05) is 0 Å². The third-order valence-corrected chi connectivity index (χ3v) is 7.77. The van der Waals surface area contributed by atoms with E-state index in [0.29, 0.717) is 11.5 Å². The highest BCUT2D eigenvalue weighted by Crippen LogP contribution is 2.38. The molecule has 158 valence electrons. The molecule has 28 heavy (non-hydrogen) atoms. The Morgan fingerprint density at radius 2 is 1.96 bits per heavy atom. The summed E-state index contributed by atoms with van der Waals surface area (Å²) in [6.07, 6.45) is -0.492. The van der Waals surface area contributed by atoms with Crippen molar-refractivity contribution in [2.24, 2.45) is 0 Å². The van der Waals surface area contributed by atoms with Crippen LogP contribution in [-0.4, -0.2) is 74.0 Å². The van der Waals surface area contributed by atoms with Gasteiger partial charge in [-0.3, -0.25) is 10.0 Å². The molecule has 0 bridgehead atoms. The number of ether oxygens (including phenoxy) is 3. The molecule has 1 fully saturated rings. The fourth-order valence-electron chi connectivity index (χ4n) is 2.98. The van der Waals surface area contributed by atoms with Crippen molar-refractivity contribution >= 4 is 27.7 Å². The van der Waals surface area contributed by atoms with Crippen LogP contribution < -0.4 is 10.2 Å². The summed E-state index contributed by atoms with van der Waals surface area (Å²) in [5.41, 5.74) is 1.60. The van der Waals surface area contributed by atoms with Crippen molar-refractivity contribution in [3.8, 4) is 5.75 Å². The summed E-state index contributed by atoms with van der Waals surface area (Å²) in [5, 5.41) is 9.24. The molecular weight excluding hydrogens is 408 g/mol. The molecule has 0 saturated carbocycles. The molecule has 2 N–H and O–H groups in total. The molecule has 1 saturated heterocycles. The van der Waals surface area contributed by atoms with E-state index in [0.717, 1.165) is 4.31 Å². The summed E-state index contributed by atoms with van der Waals surface area (Å²) in [7, 11) is -1.11. The second-order valence-electron chi connectivity index (χ2n) is 6.74. The lowest BCUT2D eigenvalue weighted by Gasteiger charge is -2.36. The molecule has 0 spiro atoms. The number of rotatable bonds is 7. The third kappa shape index (κ3) is 4.97. The van der Waals surface area contributed by atoms with E-state index in [1.54, 1.807) is 19.3 Å². The number of nitrogens with zero attached hydrogens (tertiary/aromatic N) is 1. The molecule has 1 heterocycles. The van der Waals surface area contributed by atoms with Crippen molar-refractivity contribution < 1.29 is 32.6 Å². The van der Waals surface area contributed by atoms with Crippen LogP contribution in [0, 0.1) is 0 Å². The molecule has 0 unspecified atom stereocenters. The maximum absolute atomic E-state index is 13.4. The number of methoxy groups -OCH3 is 2. The van der Waals surface area contributed by atoms with E-state index in [-0.39, 0.29) is 18.2 Å². The highest BCUT2D eigenvalue weighted by Gasteiger charge is 2.48. The molecule has 1 aliphatic rings. The van der Waals surface area contributed by atoms with Gasteiger partial charge in [0.2, 0.25) is 10.0 Å². The molecule has 1 aromatic rings. The molecular formula is C17H26N2O7S2.